The Hall–Kier alpha value is -3.94. The average Bonchev–Trinajstić information content (AvgIpc) is 3.17. The topological polar surface area (TPSA) is 93.1 Å². The summed E-state index contributed by atoms with van der Waals surface area (Å²) in [4.78, 5) is 35.6. The predicted molar refractivity (Wildman–Crippen MR) is 134 cm³/mol. The Balaban J connectivity index is 1.36. The first-order chi connectivity index (χ1) is 17.1. The van der Waals surface area contributed by atoms with E-state index in [2.05, 4.69) is 15.1 Å². The smallest absolute Gasteiger partial charge is 0.262 e. The zero-order chi connectivity index (χ0) is 24.2. The van der Waals surface area contributed by atoms with Crippen LogP contribution in [0.25, 0.3) is 16.7 Å². The first-order valence-corrected chi connectivity index (χ1v) is 12.1. The number of likely N-dealkylation sites (tertiary alicyclic amines) is 1. The molecule has 180 valence electrons. The van der Waals surface area contributed by atoms with Gasteiger partial charge in [0, 0.05) is 19.4 Å². The van der Waals surface area contributed by atoms with Crippen LogP contribution in [-0.4, -0.2) is 44.2 Å². The van der Waals surface area contributed by atoms with Crippen LogP contribution >= 0.6 is 0 Å². The van der Waals surface area contributed by atoms with Crippen molar-refractivity contribution < 1.29 is 9.53 Å². The largest absolute Gasteiger partial charge is 0.497 e. The Morgan fingerprint density at radius 3 is 2.66 bits per heavy atom. The van der Waals surface area contributed by atoms with Crippen LogP contribution in [-0.2, 0) is 11.2 Å². The molecule has 1 atom stereocenters. The van der Waals surface area contributed by atoms with Gasteiger partial charge in [0.15, 0.2) is 5.65 Å². The van der Waals surface area contributed by atoms with Crippen molar-refractivity contribution in [1.29, 1.82) is 0 Å². The maximum absolute atomic E-state index is 13.4. The summed E-state index contributed by atoms with van der Waals surface area (Å²) < 4.78 is 6.95. The van der Waals surface area contributed by atoms with E-state index in [0.717, 1.165) is 49.2 Å². The third-order valence-corrected chi connectivity index (χ3v) is 6.64. The zero-order valence-electron chi connectivity index (χ0n) is 19.8. The number of amides is 1. The predicted octanol–water partition coefficient (Wildman–Crippen LogP) is 4.19. The maximum atomic E-state index is 13.4. The Bertz CT molecular complexity index is 1360. The minimum Gasteiger partial charge on any atom is -0.497 e. The third-order valence-electron chi connectivity index (χ3n) is 6.64. The fourth-order valence-corrected chi connectivity index (χ4v) is 4.79. The van der Waals surface area contributed by atoms with Crippen molar-refractivity contribution in [3.8, 4) is 11.4 Å². The van der Waals surface area contributed by atoms with Crippen LogP contribution in [0.1, 0.15) is 49.5 Å². The van der Waals surface area contributed by atoms with Gasteiger partial charge in [0.2, 0.25) is 5.91 Å². The molecule has 4 aromatic rings. The summed E-state index contributed by atoms with van der Waals surface area (Å²) in [6.07, 6.45) is 6.31. The lowest BCUT2D eigenvalue weighted by Crippen LogP contribution is -2.35. The molecule has 3 heterocycles. The molecule has 1 saturated heterocycles. The number of aryl methyl sites for hydroxylation is 1. The van der Waals surface area contributed by atoms with E-state index in [1.54, 1.807) is 11.8 Å². The monoisotopic (exact) mass is 471 g/mol. The molecule has 8 heteroatoms. The number of nitrogens with one attached hydrogen (secondary N) is 1. The first-order valence-electron chi connectivity index (χ1n) is 12.1. The number of fused-ring (bicyclic) bond motifs is 1. The van der Waals surface area contributed by atoms with Crippen LogP contribution < -0.4 is 10.3 Å². The summed E-state index contributed by atoms with van der Waals surface area (Å²) in [5.41, 5.74) is 2.20. The summed E-state index contributed by atoms with van der Waals surface area (Å²) in [7, 11) is 1.65. The van der Waals surface area contributed by atoms with Crippen molar-refractivity contribution in [3.05, 3.63) is 82.5 Å². The Morgan fingerprint density at radius 1 is 1.09 bits per heavy atom. The standard InChI is InChI=1S/C27H29N5O3/c1-35-21-13-11-19(12-14-21)23-10-6-3-7-17-31(23)25(33)16-15-24-29-26-22(27(34)30-24)18-28-32(26)20-8-4-2-5-9-20/h2,4-5,8-9,11-14,18,23H,3,6-7,10,15-17H2,1H3,(H,29,30,34). The number of para-hydroxylation sites is 1. The molecule has 1 unspecified atom stereocenters. The van der Waals surface area contributed by atoms with Gasteiger partial charge in [-0.05, 0) is 42.7 Å². The summed E-state index contributed by atoms with van der Waals surface area (Å²) in [6, 6.07) is 17.6. The number of methoxy groups -OCH3 is 1. The summed E-state index contributed by atoms with van der Waals surface area (Å²) in [5, 5.41) is 4.78. The molecule has 1 aliphatic rings. The number of aromatic amines is 1. The number of nitrogens with zero attached hydrogens (tertiary/aromatic N) is 4. The molecule has 35 heavy (non-hydrogen) atoms. The number of benzene rings is 2. The molecular formula is C27H29N5O3. The van der Waals surface area contributed by atoms with E-state index < -0.39 is 0 Å². The lowest BCUT2D eigenvalue weighted by molar-refractivity contribution is -0.133. The SMILES string of the molecule is COc1ccc(C2CCCCCN2C(=O)CCc2nc3c(cnn3-c3ccccc3)c(=O)[nH]2)cc1. The minimum atomic E-state index is -0.245. The normalized spacial score (nSPS) is 16.3. The van der Waals surface area contributed by atoms with Gasteiger partial charge in [-0.15, -0.1) is 0 Å². The van der Waals surface area contributed by atoms with Gasteiger partial charge in [-0.3, -0.25) is 9.59 Å². The van der Waals surface area contributed by atoms with Gasteiger partial charge in [0.25, 0.3) is 5.56 Å². The van der Waals surface area contributed by atoms with E-state index in [4.69, 9.17) is 4.74 Å². The zero-order valence-corrected chi connectivity index (χ0v) is 19.8. The fourth-order valence-electron chi connectivity index (χ4n) is 4.79. The maximum Gasteiger partial charge on any atom is 0.262 e. The van der Waals surface area contributed by atoms with E-state index in [1.165, 1.54) is 6.20 Å². The molecule has 2 aromatic heterocycles. The van der Waals surface area contributed by atoms with Crippen molar-refractivity contribution in [2.75, 3.05) is 13.7 Å². The van der Waals surface area contributed by atoms with E-state index in [-0.39, 0.29) is 23.9 Å². The molecule has 0 aliphatic carbocycles. The van der Waals surface area contributed by atoms with Crippen molar-refractivity contribution in [3.63, 3.8) is 0 Å². The molecule has 2 aromatic carbocycles. The number of rotatable bonds is 6. The van der Waals surface area contributed by atoms with Crippen LogP contribution in [0.2, 0.25) is 0 Å². The van der Waals surface area contributed by atoms with E-state index >= 15 is 0 Å². The quantitative estimate of drug-likeness (QED) is 0.455. The van der Waals surface area contributed by atoms with Crippen LogP contribution in [0.4, 0.5) is 0 Å². The van der Waals surface area contributed by atoms with Gasteiger partial charge in [0.1, 0.15) is 17.0 Å². The second-order valence-corrected chi connectivity index (χ2v) is 8.87. The summed E-state index contributed by atoms with van der Waals surface area (Å²) >= 11 is 0. The van der Waals surface area contributed by atoms with Crippen LogP contribution in [0.5, 0.6) is 5.75 Å². The molecule has 0 radical (unpaired) electrons. The second-order valence-electron chi connectivity index (χ2n) is 8.87. The van der Waals surface area contributed by atoms with Gasteiger partial charge < -0.3 is 14.6 Å². The van der Waals surface area contributed by atoms with Crippen molar-refractivity contribution in [1.82, 2.24) is 24.6 Å². The van der Waals surface area contributed by atoms with Crippen LogP contribution in [0.3, 0.4) is 0 Å². The Kier molecular flexibility index (Phi) is 6.61. The number of H-pyrrole nitrogens is 1. The van der Waals surface area contributed by atoms with Gasteiger partial charge >= 0.3 is 0 Å². The number of carbonyl (C=O) groups excluding carboxylic acids is 1. The van der Waals surface area contributed by atoms with E-state index in [0.29, 0.717) is 23.3 Å². The molecule has 0 bridgehead atoms. The third kappa shape index (κ3) is 4.82. The lowest BCUT2D eigenvalue weighted by atomic mass is 10.00. The van der Waals surface area contributed by atoms with Crippen molar-refractivity contribution >= 4 is 16.9 Å². The Morgan fingerprint density at radius 2 is 1.89 bits per heavy atom. The number of hydrogen-bond donors (Lipinski definition) is 1. The van der Waals surface area contributed by atoms with Crippen molar-refractivity contribution in [2.24, 2.45) is 0 Å². The van der Waals surface area contributed by atoms with Gasteiger partial charge in [-0.25, -0.2) is 9.67 Å². The second kappa shape index (κ2) is 10.1. The molecule has 5 rings (SSSR count). The molecule has 8 nitrogen and oxygen atoms in total. The molecule has 0 spiro atoms. The number of ether oxygens (including phenoxy) is 1. The highest BCUT2D eigenvalue weighted by Crippen LogP contribution is 2.31. The fraction of sp³-hybridized carbons (Fsp3) is 0.333. The lowest BCUT2D eigenvalue weighted by Gasteiger charge is -2.30. The number of aromatic nitrogens is 4. The number of hydrogen-bond acceptors (Lipinski definition) is 5. The number of carbonyl (C=O) groups is 1. The molecule has 1 N–H and O–H groups in total. The Labute approximate surface area is 203 Å². The molecule has 1 amide bonds. The highest BCUT2D eigenvalue weighted by Gasteiger charge is 2.27. The molecule has 1 fully saturated rings. The average molecular weight is 472 g/mol. The van der Waals surface area contributed by atoms with Crippen molar-refractivity contribution in [2.45, 2.75) is 44.6 Å². The van der Waals surface area contributed by atoms with Gasteiger partial charge in [-0.2, -0.15) is 5.10 Å². The molecule has 0 saturated carbocycles. The molecular weight excluding hydrogens is 442 g/mol. The van der Waals surface area contributed by atoms with E-state index in [1.807, 2.05) is 59.5 Å². The first kappa shape index (κ1) is 22.8. The minimum absolute atomic E-state index is 0.0462. The van der Waals surface area contributed by atoms with E-state index in [9.17, 15) is 9.59 Å². The summed E-state index contributed by atoms with van der Waals surface area (Å²) in [6.45, 7) is 0.735. The van der Waals surface area contributed by atoms with Crippen LogP contribution in [0, 0.1) is 0 Å². The van der Waals surface area contributed by atoms with Crippen LogP contribution in [0.15, 0.2) is 65.6 Å². The highest BCUT2D eigenvalue weighted by atomic mass is 16.5. The van der Waals surface area contributed by atoms with Gasteiger partial charge in [0.05, 0.1) is 25.0 Å². The highest BCUT2D eigenvalue weighted by molar-refractivity contribution is 5.77. The molecule has 1 aliphatic heterocycles. The van der Waals surface area contributed by atoms with Gasteiger partial charge in [-0.1, -0.05) is 43.2 Å². The summed E-state index contributed by atoms with van der Waals surface area (Å²) in [5.74, 6) is 1.37.